The molecular formula is C13H8N2O2. The van der Waals surface area contributed by atoms with E-state index in [0.717, 1.165) is 11.1 Å². The van der Waals surface area contributed by atoms with Crippen molar-refractivity contribution in [3.63, 3.8) is 0 Å². The third-order valence-corrected chi connectivity index (χ3v) is 2.47. The van der Waals surface area contributed by atoms with Crippen LogP contribution in [0, 0.1) is 0 Å². The van der Waals surface area contributed by atoms with E-state index < -0.39 is 0 Å². The number of nitrogens with zero attached hydrogens (tertiary/aromatic N) is 2. The van der Waals surface area contributed by atoms with E-state index in [0.29, 0.717) is 17.8 Å². The summed E-state index contributed by atoms with van der Waals surface area (Å²) in [4.78, 5) is 28.0. The third-order valence-electron chi connectivity index (χ3n) is 2.47. The van der Waals surface area contributed by atoms with Crippen LogP contribution < -0.4 is 0 Å². The molecule has 0 aliphatic heterocycles. The molecular weight excluding hydrogens is 216 g/mol. The van der Waals surface area contributed by atoms with Gasteiger partial charge in [-0.2, -0.15) is 9.98 Å². The minimum absolute atomic E-state index is 0.520. The molecule has 1 aliphatic rings. The summed E-state index contributed by atoms with van der Waals surface area (Å²) in [6.45, 7) is 0. The first-order valence-electron chi connectivity index (χ1n) is 5.01. The van der Waals surface area contributed by atoms with Gasteiger partial charge in [0.2, 0.25) is 12.2 Å². The molecule has 0 amide bonds. The fourth-order valence-electron chi connectivity index (χ4n) is 1.76. The van der Waals surface area contributed by atoms with Gasteiger partial charge in [-0.3, -0.25) is 0 Å². The number of isocyanates is 2. The number of allylic oxidation sites excluding steroid dienone is 3. The fourth-order valence-corrected chi connectivity index (χ4v) is 1.76. The lowest BCUT2D eigenvalue weighted by atomic mass is 10.0. The van der Waals surface area contributed by atoms with Crippen LogP contribution in [0.5, 0.6) is 0 Å². The molecule has 4 heteroatoms. The minimum Gasteiger partial charge on any atom is -0.211 e. The van der Waals surface area contributed by atoms with Crippen LogP contribution in [0.4, 0.5) is 5.69 Å². The molecule has 0 saturated carbocycles. The number of fused-ring (bicyclic) bond motifs is 1. The number of aliphatic imine (C=N–C) groups is 2. The first-order valence-corrected chi connectivity index (χ1v) is 5.01. The molecule has 0 spiro atoms. The van der Waals surface area contributed by atoms with E-state index in [2.05, 4.69) is 9.98 Å². The normalized spacial score (nSPS) is 12.6. The van der Waals surface area contributed by atoms with Gasteiger partial charge in [0, 0.05) is 5.56 Å². The van der Waals surface area contributed by atoms with Crippen molar-refractivity contribution < 1.29 is 9.59 Å². The minimum atomic E-state index is 0.520. The maximum absolute atomic E-state index is 10.4. The lowest BCUT2D eigenvalue weighted by molar-refractivity contribution is 0.564. The Bertz CT molecular complexity index is 602. The topological polar surface area (TPSA) is 58.9 Å². The summed E-state index contributed by atoms with van der Waals surface area (Å²) in [5.41, 5.74) is 2.72. The summed E-state index contributed by atoms with van der Waals surface area (Å²) < 4.78 is 0. The molecule has 0 saturated heterocycles. The molecule has 0 aromatic heterocycles. The quantitative estimate of drug-likeness (QED) is 0.572. The van der Waals surface area contributed by atoms with Gasteiger partial charge in [0.25, 0.3) is 0 Å². The van der Waals surface area contributed by atoms with Gasteiger partial charge in [-0.05, 0) is 24.1 Å². The molecule has 17 heavy (non-hydrogen) atoms. The second-order valence-electron chi connectivity index (χ2n) is 3.39. The van der Waals surface area contributed by atoms with Crippen molar-refractivity contribution in [2.24, 2.45) is 9.98 Å². The molecule has 82 valence electrons. The average Bonchev–Trinajstić information content (AvgIpc) is 2.54. The highest BCUT2D eigenvalue weighted by Crippen LogP contribution is 2.30. The molecule has 0 unspecified atom stereocenters. The number of rotatable bonds is 2. The van der Waals surface area contributed by atoms with Gasteiger partial charge in [0.05, 0.1) is 11.4 Å². The van der Waals surface area contributed by atoms with Gasteiger partial charge in [-0.15, -0.1) is 0 Å². The standard InChI is InChI=1S/C13H8N2O2/c16-8-14-12-6-2-1-4-10-11(12)5-3-7-13(10)15-9-17/h1-3,5-7H,4H2. The second kappa shape index (κ2) is 4.99. The molecule has 0 N–H and O–H groups in total. The van der Waals surface area contributed by atoms with Gasteiger partial charge in [-0.1, -0.05) is 24.3 Å². The SMILES string of the molecule is O=C=NC1=CC=CCc2c(N=C=O)cccc21. The number of carbonyl (C=O) groups excluding carboxylic acids is 2. The predicted octanol–water partition coefficient (Wildman–Crippen LogP) is 2.44. The van der Waals surface area contributed by atoms with Crippen LogP contribution in [0.2, 0.25) is 0 Å². The Labute approximate surface area is 97.7 Å². The van der Waals surface area contributed by atoms with Crippen LogP contribution >= 0.6 is 0 Å². The van der Waals surface area contributed by atoms with Crippen molar-refractivity contribution in [3.8, 4) is 0 Å². The molecule has 1 aromatic carbocycles. The van der Waals surface area contributed by atoms with Gasteiger partial charge >= 0.3 is 0 Å². The summed E-state index contributed by atoms with van der Waals surface area (Å²) in [6, 6.07) is 5.32. The van der Waals surface area contributed by atoms with Crippen molar-refractivity contribution in [1.82, 2.24) is 0 Å². The maximum Gasteiger partial charge on any atom is 0.240 e. The molecule has 0 bridgehead atoms. The summed E-state index contributed by atoms with van der Waals surface area (Å²) in [7, 11) is 0. The number of benzene rings is 1. The lowest BCUT2D eigenvalue weighted by Crippen LogP contribution is -1.90. The van der Waals surface area contributed by atoms with Crippen LogP contribution in [0.15, 0.2) is 46.4 Å². The molecule has 0 radical (unpaired) electrons. The third kappa shape index (κ3) is 2.18. The summed E-state index contributed by atoms with van der Waals surface area (Å²) >= 11 is 0. The van der Waals surface area contributed by atoms with Crippen molar-refractivity contribution in [1.29, 1.82) is 0 Å². The van der Waals surface area contributed by atoms with Crippen molar-refractivity contribution in [2.75, 3.05) is 0 Å². The van der Waals surface area contributed by atoms with Crippen LogP contribution in [0.25, 0.3) is 5.70 Å². The van der Waals surface area contributed by atoms with E-state index in [1.807, 2.05) is 18.2 Å². The number of hydrogen-bond acceptors (Lipinski definition) is 4. The highest BCUT2D eigenvalue weighted by molar-refractivity contribution is 5.77. The lowest BCUT2D eigenvalue weighted by Gasteiger charge is -2.07. The zero-order valence-electron chi connectivity index (χ0n) is 8.88. The van der Waals surface area contributed by atoms with E-state index in [9.17, 15) is 9.59 Å². The monoisotopic (exact) mass is 224 g/mol. The van der Waals surface area contributed by atoms with Crippen molar-refractivity contribution in [3.05, 3.63) is 47.6 Å². The molecule has 2 rings (SSSR count). The van der Waals surface area contributed by atoms with E-state index in [1.54, 1.807) is 18.2 Å². The van der Waals surface area contributed by atoms with E-state index >= 15 is 0 Å². The molecule has 4 nitrogen and oxygen atoms in total. The van der Waals surface area contributed by atoms with E-state index in [4.69, 9.17) is 0 Å². The van der Waals surface area contributed by atoms with Crippen LogP contribution in [0.1, 0.15) is 11.1 Å². The van der Waals surface area contributed by atoms with Crippen molar-refractivity contribution >= 4 is 23.5 Å². The van der Waals surface area contributed by atoms with E-state index in [-0.39, 0.29) is 0 Å². The van der Waals surface area contributed by atoms with Crippen LogP contribution in [-0.2, 0) is 16.0 Å². The van der Waals surface area contributed by atoms with Gasteiger partial charge in [0.1, 0.15) is 0 Å². The Kier molecular flexibility index (Phi) is 3.22. The first kappa shape index (κ1) is 11.0. The molecule has 0 heterocycles. The smallest absolute Gasteiger partial charge is 0.211 e. The Morgan fingerprint density at radius 2 is 1.94 bits per heavy atom. The molecule has 1 aliphatic carbocycles. The Morgan fingerprint density at radius 1 is 1.12 bits per heavy atom. The Balaban J connectivity index is 2.67. The fraction of sp³-hybridized carbons (Fsp3) is 0.0769. The highest BCUT2D eigenvalue weighted by atomic mass is 16.1. The zero-order valence-corrected chi connectivity index (χ0v) is 8.88. The Hall–Kier alpha value is -2.54. The Morgan fingerprint density at radius 3 is 2.71 bits per heavy atom. The van der Waals surface area contributed by atoms with Crippen molar-refractivity contribution in [2.45, 2.75) is 6.42 Å². The van der Waals surface area contributed by atoms with Crippen LogP contribution in [0.3, 0.4) is 0 Å². The first-order chi connectivity index (χ1) is 8.36. The average molecular weight is 224 g/mol. The second-order valence-corrected chi connectivity index (χ2v) is 3.39. The maximum atomic E-state index is 10.4. The summed E-state index contributed by atoms with van der Waals surface area (Å²) in [5, 5.41) is 0. The van der Waals surface area contributed by atoms with Gasteiger partial charge in [0.15, 0.2) is 0 Å². The summed E-state index contributed by atoms with van der Waals surface area (Å²) in [6.07, 6.45) is 9.13. The molecule has 0 fully saturated rings. The van der Waals surface area contributed by atoms with Gasteiger partial charge in [-0.25, -0.2) is 9.59 Å². The highest BCUT2D eigenvalue weighted by Gasteiger charge is 2.12. The largest absolute Gasteiger partial charge is 0.240 e. The number of hydrogen-bond donors (Lipinski definition) is 0. The van der Waals surface area contributed by atoms with Gasteiger partial charge < -0.3 is 0 Å². The predicted molar refractivity (Wildman–Crippen MR) is 63.2 cm³/mol. The molecule has 0 atom stereocenters. The van der Waals surface area contributed by atoms with Crippen LogP contribution in [-0.4, -0.2) is 12.2 Å². The summed E-state index contributed by atoms with van der Waals surface area (Å²) in [5.74, 6) is 0. The molecule has 1 aromatic rings. The van der Waals surface area contributed by atoms with E-state index in [1.165, 1.54) is 12.2 Å². The zero-order chi connectivity index (χ0) is 12.1.